The van der Waals surface area contributed by atoms with Crippen LogP contribution in [-0.2, 0) is 9.59 Å². The number of carbonyl (C=O) groups is 2. The van der Waals surface area contributed by atoms with E-state index in [0.29, 0.717) is 6.54 Å². The molecular formula is C19H22N2O2S. The minimum absolute atomic E-state index is 0.0636. The Hall–Kier alpha value is -2.27. The van der Waals surface area contributed by atoms with E-state index >= 15 is 0 Å². The van der Waals surface area contributed by atoms with Crippen molar-refractivity contribution in [1.82, 2.24) is 10.6 Å². The van der Waals surface area contributed by atoms with Gasteiger partial charge in [-0.25, -0.2) is 0 Å². The topological polar surface area (TPSA) is 58.2 Å². The zero-order valence-corrected chi connectivity index (χ0v) is 14.5. The van der Waals surface area contributed by atoms with E-state index in [0.717, 1.165) is 11.3 Å². The second kappa shape index (κ2) is 9.78. The highest BCUT2D eigenvalue weighted by Gasteiger charge is 2.16. The van der Waals surface area contributed by atoms with Crippen LogP contribution in [0.15, 0.2) is 65.6 Å². The van der Waals surface area contributed by atoms with Gasteiger partial charge in [-0.15, -0.1) is 11.8 Å². The van der Waals surface area contributed by atoms with Gasteiger partial charge in [-0.05, 0) is 17.7 Å². The second-order valence-electron chi connectivity index (χ2n) is 5.38. The van der Waals surface area contributed by atoms with Crippen LogP contribution in [0, 0.1) is 0 Å². The molecule has 2 amide bonds. The van der Waals surface area contributed by atoms with E-state index in [9.17, 15) is 9.59 Å². The normalized spacial score (nSPS) is 11.5. The average Bonchev–Trinajstić information content (AvgIpc) is 2.59. The standard InChI is InChI=1S/C19H22N2O2S/c1-15(22)21-18(16-8-4-2-5-9-16)14-19(23)20-12-13-24-17-10-6-3-7-11-17/h2-11,18H,12-14H2,1H3,(H,20,23)(H,21,22)/t18-/m0/s1. The molecule has 0 saturated heterocycles. The van der Waals surface area contributed by atoms with Gasteiger partial charge in [-0.1, -0.05) is 48.5 Å². The van der Waals surface area contributed by atoms with Crippen molar-refractivity contribution < 1.29 is 9.59 Å². The molecule has 24 heavy (non-hydrogen) atoms. The molecule has 0 unspecified atom stereocenters. The lowest BCUT2D eigenvalue weighted by molar-refractivity contribution is -0.122. The number of thioether (sulfide) groups is 1. The summed E-state index contributed by atoms with van der Waals surface area (Å²) in [7, 11) is 0. The Bertz CT molecular complexity index is 647. The summed E-state index contributed by atoms with van der Waals surface area (Å²) in [5, 5.41) is 5.75. The molecule has 0 bridgehead atoms. The molecule has 5 heteroatoms. The van der Waals surface area contributed by atoms with Crippen molar-refractivity contribution in [1.29, 1.82) is 0 Å². The van der Waals surface area contributed by atoms with Crippen molar-refractivity contribution in [2.45, 2.75) is 24.3 Å². The first-order valence-corrected chi connectivity index (χ1v) is 8.90. The number of rotatable bonds is 8. The number of amides is 2. The average molecular weight is 342 g/mol. The molecule has 2 rings (SSSR count). The Morgan fingerprint density at radius 2 is 1.62 bits per heavy atom. The van der Waals surface area contributed by atoms with Crippen molar-refractivity contribution in [3.63, 3.8) is 0 Å². The Balaban J connectivity index is 1.79. The third-order valence-corrected chi connectivity index (χ3v) is 4.42. The molecule has 0 heterocycles. The number of carbonyl (C=O) groups excluding carboxylic acids is 2. The SMILES string of the molecule is CC(=O)N[C@@H](CC(=O)NCCSc1ccccc1)c1ccccc1. The van der Waals surface area contributed by atoms with Crippen LogP contribution in [0.5, 0.6) is 0 Å². The van der Waals surface area contributed by atoms with E-state index < -0.39 is 0 Å². The maximum Gasteiger partial charge on any atom is 0.222 e. The van der Waals surface area contributed by atoms with Gasteiger partial charge in [0.05, 0.1) is 12.5 Å². The fourth-order valence-corrected chi connectivity index (χ4v) is 3.11. The fraction of sp³-hybridized carbons (Fsp3) is 0.263. The Labute approximate surface area is 147 Å². The lowest BCUT2D eigenvalue weighted by Gasteiger charge is -2.18. The first-order chi connectivity index (χ1) is 11.6. The number of nitrogens with one attached hydrogen (secondary N) is 2. The van der Waals surface area contributed by atoms with Gasteiger partial charge in [0.15, 0.2) is 0 Å². The van der Waals surface area contributed by atoms with Crippen LogP contribution >= 0.6 is 11.8 Å². The minimum Gasteiger partial charge on any atom is -0.355 e. The van der Waals surface area contributed by atoms with E-state index in [1.165, 1.54) is 11.8 Å². The molecule has 0 aliphatic heterocycles. The number of benzene rings is 2. The molecule has 0 aromatic heterocycles. The van der Waals surface area contributed by atoms with Gasteiger partial charge in [0.1, 0.15) is 0 Å². The summed E-state index contributed by atoms with van der Waals surface area (Å²) in [6.45, 7) is 2.06. The molecule has 2 aromatic carbocycles. The fourth-order valence-electron chi connectivity index (χ4n) is 2.32. The van der Waals surface area contributed by atoms with Crippen LogP contribution in [0.1, 0.15) is 24.9 Å². The van der Waals surface area contributed by atoms with E-state index in [2.05, 4.69) is 22.8 Å². The first kappa shape index (κ1) is 18.1. The third kappa shape index (κ3) is 6.46. The quantitative estimate of drug-likeness (QED) is 0.572. The van der Waals surface area contributed by atoms with Crippen LogP contribution in [0.4, 0.5) is 0 Å². The Kier molecular flexibility index (Phi) is 7.36. The van der Waals surface area contributed by atoms with Crippen molar-refractivity contribution in [2.24, 2.45) is 0 Å². The highest BCUT2D eigenvalue weighted by molar-refractivity contribution is 7.99. The summed E-state index contributed by atoms with van der Waals surface area (Å²) >= 11 is 1.70. The highest BCUT2D eigenvalue weighted by Crippen LogP contribution is 2.17. The molecule has 0 aliphatic carbocycles. The Morgan fingerprint density at radius 3 is 2.25 bits per heavy atom. The van der Waals surface area contributed by atoms with Crippen LogP contribution < -0.4 is 10.6 Å². The number of hydrogen-bond acceptors (Lipinski definition) is 3. The highest BCUT2D eigenvalue weighted by atomic mass is 32.2. The summed E-state index contributed by atoms with van der Waals surface area (Å²) < 4.78 is 0. The zero-order valence-electron chi connectivity index (χ0n) is 13.7. The van der Waals surface area contributed by atoms with Gasteiger partial charge in [0.25, 0.3) is 0 Å². The minimum atomic E-state index is -0.300. The third-order valence-electron chi connectivity index (χ3n) is 3.41. The lowest BCUT2D eigenvalue weighted by atomic mass is 10.0. The zero-order chi connectivity index (χ0) is 17.2. The molecule has 0 aliphatic rings. The number of hydrogen-bond donors (Lipinski definition) is 2. The molecule has 0 radical (unpaired) electrons. The van der Waals surface area contributed by atoms with Crippen molar-refractivity contribution in [3.8, 4) is 0 Å². The summed E-state index contributed by atoms with van der Waals surface area (Å²) in [6, 6.07) is 19.3. The summed E-state index contributed by atoms with van der Waals surface area (Å²) in [4.78, 5) is 24.7. The van der Waals surface area contributed by atoms with Crippen molar-refractivity contribution >= 4 is 23.6 Å². The first-order valence-electron chi connectivity index (χ1n) is 7.92. The van der Waals surface area contributed by atoms with Gasteiger partial charge >= 0.3 is 0 Å². The molecule has 0 spiro atoms. The van der Waals surface area contributed by atoms with Gasteiger partial charge < -0.3 is 10.6 Å². The summed E-state index contributed by atoms with van der Waals surface area (Å²) in [5.41, 5.74) is 0.932. The monoisotopic (exact) mass is 342 g/mol. The molecule has 2 N–H and O–H groups in total. The molecule has 0 fully saturated rings. The molecule has 4 nitrogen and oxygen atoms in total. The predicted molar refractivity (Wildman–Crippen MR) is 97.8 cm³/mol. The second-order valence-corrected chi connectivity index (χ2v) is 6.55. The van der Waals surface area contributed by atoms with Crippen LogP contribution in [0.25, 0.3) is 0 Å². The maximum absolute atomic E-state index is 12.1. The van der Waals surface area contributed by atoms with E-state index in [1.54, 1.807) is 11.8 Å². The lowest BCUT2D eigenvalue weighted by Crippen LogP contribution is -2.33. The molecule has 126 valence electrons. The van der Waals surface area contributed by atoms with Crippen molar-refractivity contribution in [3.05, 3.63) is 66.2 Å². The predicted octanol–water partition coefficient (Wildman–Crippen LogP) is 3.16. The summed E-state index contributed by atoms with van der Waals surface area (Å²) in [6.07, 6.45) is 0.236. The Morgan fingerprint density at radius 1 is 1.00 bits per heavy atom. The smallest absolute Gasteiger partial charge is 0.222 e. The molecule has 1 atom stereocenters. The molecule has 2 aromatic rings. The van der Waals surface area contributed by atoms with Crippen LogP contribution in [-0.4, -0.2) is 24.1 Å². The van der Waals surface area contributed by atoms with Crippen LogP contribution in [0.3, 0.4) is 0 Å². The van der Waals surface area contributed by atoms with E-state index in [-0.39, 0.29) is 24.3 Å². The largest absolute Gasteiger partial charge is 0.355 e. The van der Waals surface area contributed by atoms with Crippen molar-refractivity contribution in [2.75, 3.05) is 12.3 Å². The van der Waals surface area contributed by atoms with Gasteiger partial charge in [0, 0.05) is 24.1 Å². The molecular weight excluding hydrogens is 320 g/mol. The molecule has 0 saturated carbocycles. The van der Waals surface area contributed by atoms with E-state index in [4.69, 9.17) is 0 Å². The van der Waals surface area contributed by atoms with E-state index in [1.807, 2.05) is 48.5 Å². The summed E-state index contributed by atoms with van der Waals surface area (Å²) in [5.74, 6) is 0.605. The van der Waals surface area contributed by atoms with Crippen LogP contribution in [0.2, 0.25) is 0 Å². The van der Waals surface area contributed by atoms with Gasteiger partial charge in [0.2, 0.25) is 11.8 Å². The van der Waals surface area contributed by atoms with Gasteiger partial charge in [-0.2, -0.15) is 0 Å². The van der Waals surface area contributed by atoms with Gasteiger partial charge in [-0.3, -0.25) is 9.59 Å². The maximum atomic E-state index is 12.1.